The molecule has 0 fully saturated rings. The summed E-state index contributed by atoms with van der Waals surface area (Å²) in [5, 5.41) is -0.587. The number of unbranched alkanes of at least 4 members (excludes halogenated alkanes) is 12. The van der Waals surface area contributed by atoms with E-state index < -0.39 is 13.3 Å². The van der Waals surface area contributed by atoms with E-state index in [-0.39, 0.29) is 0 Å². The average Bonchev–Trinajstić information content (AvgIpc) is 2.65. The van der Waals surface area contributed by atoms with Gasteiger partial charge in [-0.2, -0.15) is 0 Å². The number of hydrogen-bond acceptors (Lipinski definition) is 2. The van der Waals surface area contributed by atoms with Crippen LogP contribution in [0.5, 0.6) is 0 Å². The monoisotopic (exact) mass is 428 g/mol. The number of quaternary nitrogens is 1. The van der Waals surface area contributed by atoms with Gasteiger partial charge in [-0.3, -0.25) is 4.48 Å². The average molecular weight is 429 g/mol. The van der Waals surface area contributed by atoms with Crippen LogP contribution >= 0.6 is 8.03 Å². The molecule has 29 heavy (non-hydrogen) atoms. The van der Waals surface area contributed by atoms with Crippen LogP contribution in [0.3, 0.4) is 0 Å². The molecule has 2 atom stereocenters. The van der Waals surface area contributed by atoms with E-state index >= 15 is 0 Å². The zero-order valence-corrected chi connectivity index (χ0v) is 21.3. The molecule has 0 saturated heterocycles. The van der Waals surface area contributed by atoms with Crippen molar-refractivity contribution in [1.29, 1.82) is 0 Å². The van der Waals surface area contributed by atoms with E-state index in [1.165, 1.54) is 83.5 Å². The first-order valence-electron chi connectivity index (χ1n) is 12.4. The fourth-order valence-corrected chi connectivity index (χ4v) is 5.52. The van der Waals surface area contributed by atoms with Gasteiger partial charge in [-0.15, -0.1) is 0 Å². The van der Waals surface area contributed by atoms with Crippen LogP contribution in [0.25, 0.3) is 0 Å². The van der Waals surface area contributed by atoms with Crippen LogP contribution < -0.4 is 4.89 Å². The van der Waals surface area contributed by atoms with Crippen molar-refractivity contribution in [2.24, 2.45) is 0 Å². The third-order valence-corrected chi connectivity index (χ3v) is 8.04. The highest BCUT2D eigenvalue weighted by molar-refractivity contribution is 7.38. The van der Waals surface area contributed by atoms with Gasteiger partial charge in [0.2, 0.25) is 0 Å². The number of hydrogen-bond donors (Lipinski definition) is 0. The first-order chi connectivity index (χ1) is 13.8. The highest BCUT2D eigenvalue weighted by atomic mass is 31.1. The maximum Gasteiger partial charge on any atom is 0.376 e. The highest BCUT2D eigenvalue weighted by Crippen LogP contribution is 2.45. The van der Waals surface area contributed by atoms with Gasteiger partial charge >= 0.3 is 8.03 Å². The van der Waals surface area contributed by atoms with Crippen molar-refractivity contribution in [1.82, 2.24) is 0 Å². The van der Waals surface area contributed by atoms with E-state index in [1.54, 1.807) is 0 Å². The smallest absolute Gasteiger partial charge is 0.376 e. The molecule has 0 spiro atoms. The Hall–Kier alpha value is -0.240. The molecular formula is C25H51NO2P+. The fourth-order valence-electron chi connectivity index (χ4n) is 4.29. The molecule has 0 bridgehead atoms. The Labute approximate surface area is 183 Å². The van der Waals surface area contributed by atoms with Crippen LogP contribution in [0.15, 0.2) is 12.2 Å². The standard InChI is InChI=1S/C25H51NO2P/c1-6-8-9-10-11-12-13-14-15-16-17-18-19-20-21-22-24-25(23-7-2,29(27)28)26(3,4)5/h9-10H,6-8,11-24H2,1-5H3/q+1/b10-9-. The normalized spacial score (nSPS) is 15.0. The van der Waals surface area contributed by atoms with Gasteiger partial charge in [0, 0.05) is 12.8 Å². The van der Waals surface area contributed by atoms with E-state index in [9.17, 15) is 9.46 Å². The SMILES string of the molecule is CCC/C=C\CCCCCCCCCCCCCC(CCC)([P+](=O)[O-])[N+](C)(C)C. The van der Waals surface area contributed by atoms with Gasteiger partial charge in [0.1, 0.15) is 0 Å². The summed E-state index contributed by atoms with van der Waals surface area (Å²) in [6.07, 6.45) is 25.3. The lowest BCUT2D eigenvalue weighted by Gasteiger charge is -2.39. The molecule has 2 unspecified atom stereocenters. The molecule has 0 aliphatic heterocycles. The van der Waals surface area contributed by atoms with Crippen molar-refractivity contribution in [3.05, 3.63) is 12.2 Å². The summed E-state index contributed by atoms with van der Waals surface area (Å²) in [5.41, 5.74) is 0. The van der Waals surface area contributed by atoms with Crippen molar-refractivity contribution in [3.8, 4) is 0 Å². The third kappa shape index (κ3) is 12.9. The predicted octanol–water partition coefficient (Wildman–Crippen LogP) is 7.72. The lowest BCUT2D eigenvalue weighted by molar-refractivity contribution is -0.910. The largest absolute Gasteiger partial charge is 0.590 e. The van der Waals surface area contributed by atoms with Crippen molar-refractivity contribution in [2.75, 3.05) is 21.1 Å². The Morgan fingerprint density at radius 2 is 1.14 bits per heavy atom. The summed E-state index contributed by atoms with van der Waals surface area (Å²) in [7, 11) is 3.68. The number of nitrogens with zero attached hydrogens (tertiary/aromatic N) is 1. The maximum atomic E-state index is 12.1. The van der Waals surface area contributed by atoms with Gasteiger partial charge in [-0.25, -0.2) is 0 Å². The molecule has 172 valence electrons. The second-order valence-electron chi connectivity index (χ2n) is 9.69. The molecule has 0 aromatic rings. The van der Waals surface area contributed by atoms with E-state index in [4.69, 9.17) is 0 Å². The second-order valence-corrected chi connectivity index (χ2v) is 11.0. The summed E-state index contributed by atoms with van der Waals surface area (Å²) >= 11 is 0. The van der Waals surface area contributed by atoms with E-state index in [1.807, 2.05) is 21.1 Å². The van der Waals surface area contributed by atoms with Gasteiger partial charge in [-0.05, 0) is 32.1 Å². The molecule has 3 nitrogen and oxygen atoms in total. The Balaban J connectivity index is 3.71. The molecule has 0 aliphatic rings. The van der Waals surface area contributed by atoms with Crippen LogP contribution in [0.4, 0.5) is 0 Å². The van der Waals surface area contributed by atoms with Crippen molar-refractivity contribution >= 4 is 8.03 Å². The molecule has 0 aromatic carbocycles. The first-order valence-corrected chi connectivity index (χ1v) is 13.6. The van der Waals surface area contributed by atoms with Gasteiger partial charge in [-0.1, -0.05) is 94.8 Å². The summed E-state index contributed by atoms with van der Waals surface area (Å²) in [6.45, 7) is 4.32. The molecule has 0 saturated carbocycles. The predicted molar refractivity (Wildman–Crippen MR) is 127 cm³/mol. The Morgan fingerprint density at radius 1 is 0.690 bits per heavy atom. The van der Waals surface area contributed by atoms with Crippen LogP contribution in [0.1, 0.15) is 123 Å². The fraction of sp³-hybridized carbons (Fsp3) is 0.920. The number of rotatable bonds is 20. The summed E-state index contributed by atoms with van der Waals surface area (Å²) in [4.78, 5) is 12.1. The zero-order chi connectivity index (χ0) is 22.0. The highest BCUT2D eigenvalue weighted by Gasteiger charge is 2.53. The first kappa shape index (κ1) is 28.8. The van der Waals surface area contributed by atoms with E-state index in [2.05, 4.69) is 26.0 Å². The molecule has 4 heteroatoms. The molecule has 0 aromatic heterocycles. The van der Waals surface area contributed by atoms with E-state index in [0.717, 1.165) is 25.7 Å². The van der Waals surface area contributed by atoms with Gasteiger partial charge < -0.3 is 4.89 Å². The minimum atomic E-state index is -2.42. The molecular weight excluding hydrogens is 377 g/mol. The zero-order valence-electron chi connectivity index (χ0n) is 20.4. The molecule has 0 amide bonds. The minimum Gasteiger partial charge on any atom is -0.590 e. The Kier molecular flexibility index (Phi) is 17.3. The van der Waals surface area contributed by atoms with Crippen molar-refractivity contribution < 1.29 is 13.9 Å². The van der Waals surface area contributed by atoms with Crippen LogP contribution in [-0.4, -0.2) is 30.9 Å². The summed E-state index contributed by atoms with van der Waals surface area (Å²) in [6, 6.07) is 0. The van der Waals surface area contributed by atoms with Crippen LogP contribution in [0, 0.1) is 0 Å². The van der Waals surface area contributed by atoms with E-state index in [0.29, 0.717) is 4.48 Å². The van der Waals surface area contributed by atoms with Crippen LogP contribution in [-0.2, 0) is 4.57 Å². The van der Waals surface area contributed by atoms with Crippen molar-refractivity contribution in [2.45, 2.75) is 128 Å². The third-order valence-electron chi connectivity index (χ3n) is 6.31. The van der Waals surface area contributed by atoms with Gasteiger partial charge in [0.15, 0.2) is 0 Å². The molecule has 0 heterocycles. The number of allylic oxidation sites excluding steroid dienone is 2. The maximum absolute atomic E-state index is 12.1. The molecule has 0 aliphatic carbocycles. The Bertz CT molecular complexity index is 431. The van der Waals surface area contributed by atoms with Crippen LogP contribution in [0.2, 0.25) is 0 Å². The summed E-state index contributed by atoms with van der Waals surface area (Å²) in [5.74, 6) is 0. The topological polar surface area (TPSA) is 40.1 Å². The Morgan fingerprint density at radius 3 is 1.55 bits per heavy atom. The second kappa shape index (κ2) is 17.4. The van der Waals surface area contributed by atoms with Gasteiger partial charge in [0.25, 0.3) is 5.28 Å². The summed E-state index contributed by atoms with van der Waals surface area (Å²) < 4.78 is 12.6. The quantitative estimate of drug-likeness (QED) is 0.0861. The molecule has 0 N–H and O–H groups in total. The molecule has 0 rings (SSSR count). The van der Waals surface area contributed by atoms with Gasteiger partial charge in [0.05, 0.1) is 21.1 Å². The lowest BCUT2D eigenvalue weighted by atomic mass is 9.99. The van der Waals surface area contributed by atoms with Crippen molar-refractivity contribution in [3.63, 3.8) is 0 Å². The lowest BCUT2D eigenvalue weighted by Crippen LogP contribution is -2.55. The minimum absolute atomic E-state index is 0.522. The molecule has 0 radical (unpaired) electrons.